The SMILES string of the molecule is CN(C)c1nc(N[C@H]2CC[C@@H](CNCc3cc(F)cc(F)c3)CC2)nc2ccccc12. The van der Waals surface area contributed by atoms with Crippen molar-refractivity contribution in [2.45, 2.75) is 38.3 Å². The first kappa shape index (κ1) is 21.4. The lowest BCUT2D eigenvalue weighted by atomic mass is 9.86. The summed E-state index contributed by atoms with van der Waals surface area (Å²) < 4.78 is 26.6. The standard InChI is InChI=1S/C24H29F2N5/c1-31(2)23-21-5-3-4-6-22(21)29-24(30-23)28-20-9-7-16(8-10-20)14-27-15-17-11-18(25)13-19(26)12-17/h3-6,11-13,16,20,27H,7-10,14-15H2,1-2H3,(H,28,29,30)/t16-,20+. The van der Waals surface area contributed by atoms with Crippen LogP contribution in [0.3, 0.4) is 0 Å². The average Bonchev–Trinajstić information content (AvgIpc) is 2.73. The number of fused-ring (bicyclic) bond motifs is 1. The summed E-state index contributed by atoms with van der Waals surface area (Å²) in [6.45, 7) is 1.33. The zero-order chi connectivity index (χ0) is 21.8. The van der Waals surface area contributed by atoms with Gasteiger partial charge in [0, 0.05) is 38.1 Å². The molecular formula is C24H29F2N5. The zero-order valence-electron chi connectivity index (χ0n) is 18.0. The van der Waals surface area contributed by atoms with Crippen molar-refractivity contribution in [3.05, 3.63) is 59.7 Å². The molecule has 0 radical (unpaired) electrons. The second kappa shape index (κ2) is 9.56. The first-order valence-corrected chi connectivity index (χ1v) is 10.8. The van der Waals surface area contributed by atoms with Gasteiger partial charge in [-0.15, -0.1) is 0 Å². The van der Waals surface area contributed by atoms with E-state index in [-0.39, 0.29) is 0 Å². The highest BCUT2D eigenvalue weighted by Gasteiger charge is 2.22. The molecule has 2 N–H and O–H groups in total. The highest BCUT2D eigenvalue weighted by molar-refractivity contribution is 5.90. The Balaban J connectivity index is 1.29. The maximum Gasteiger partial charge on any atom is 0.225 e. The highest BCUT2D eigenvalue weighted by Crippen LogP contribution is 2.28. The summed E-state index contributed by atoms with van der Waals surface area (Å²) in [5, 5.41) is 7.92. The molecule has 2 aromatic carbocycles. The van der Waals surface area contributed by atoms with Crippen LogP contribution in [0.4, 0.5) is 20.5 Å². The molecule has 1 saturated carbocycles. The molecule has 0 atom stereocenters. The van der Waals surface area contributed by atoms with E-state index in [1.54, 1.807) is 0 Å². The second-order valence-electron chi connectivity index (χ2n) is 8.55. The molecule has 0 saturated heterocycles. The average molecular weight is 426 g/mol. The second-order valence-corrected chi connectivity index (χ2v) is 8.55. The van der Waals surface area contributed by atoms with Crippen molar-refractivity contribution in [1.82, 2.24) is 15.3 Å². The molecule has 0 amide bonds. The van der Waals surface area contributed by atoms with Gasteiger partial charge in [0.2, 0.25) is 5.95 Å². The summed E-state index contributed by atoms with van der Waals surface area (Å²) in [5.74, 6) is 1.09. The number of anilines is 2. The van der Waals surface area contributed by atoms with Crippen LogP contribution < -0.4 is 15.5 Å². The fourth-order valence-corrected chi connectivity index (χ4v) is 4.29. The van der Waals surface area contributed by atoms with Crippen LogP contribution >= 0.6 is 0 Å². The lowest BCUT2D eigenvalue weighted by molar-refractivity contribution is 0.323. The minimum atomic E-state index is -0.531. The number of hydrogen-bond acceptors (Lipinski definition) is 5. The minimum absolute atomic E-state index is 0.352. The number of aromatic nitrogens is 2. The number of benzene rings is 2. The largest absolute Gasteiger partial charge is 0.362 e. The van der Waals surface area contributed by atoms with Gasteiger partial charge in [0.15, 0.2) is 0 Å². The smallest absolute Gasteiger partial charge is 0.225 e. The third-order valence-corrected chi connectivity index (χ3v) is 5.87. The predicted molar refractivity (Wildman–Crippen MR) is 121 cm³/mol. The van der Waals surface area contributed by atoms with Gasteiger partial charge in [-0.2, -0.15) is 4.98 Å². The van der Waals surface area contributed by atoms with E-state index < -0.39 is 11.6 Å². The summed E-state index contributed by atoms with van der Waals surface area (Å²) in [5.41, 5.74) is 1.58. The van der Waals surface area contributed by atoms with E-state index in [2.05, 4.69) is 10.6 Å². The number of hydrogen-bond donors (Lipinski definition) is 2. The number of rotatable bonds is 7. The maximum atomic E-state index is 13.3. The first-order valence-electron chi connectivity index (χ1n) is 10.8. The summed E-state index contributed by atoms with van der Waals surface area (Å²) in [6, 6.07) is 12.1. The van der Waals surface area contributed by atoms with Crippen molar-refractivity contribution >= 4 is 22.7 Å². The van der Waals surface area contributed by atoms with Gasteiger partial charge in [-0.3, -0.25) is 0 Å². The molecular weight excluding hydrogens is 396 g/mol. The van der Waals surface area contributed by atoms with Gasteiger partial charge in [-0.05, 0) is 68.0 Å². The molecule has 1 heterocycles. The molecule has 3 aromatic rings. The van der Waals surface area contributed by atoms with E-state index in [1.807, 2.05) is 43.3 Å². The van der Waals surface area contributed by atoms with Crippen LogP contribution in [0, 0.1) is 17.6 Å². The Morgan fingerprint density at radius 1 is 0.968 bits per heavy atom. The lowest BCUT2D eigenvalue weighted by Gasteiger charge is -2.29. The minimum Gasteiger partial charge on any atom is -0.362 e. The van der Waals surface area contributed by atoms with Gasteiger partial charge in [0.1, 0.15) is 17.5 Å². The van der Waals surface area contributed by atoms with Crippen molar-refractivity contribution in [2.24, 2.45) is 5.92 Å². The first-order chi connectivity index (χ1) is 15.0. The van der Waals surface area contributed by atoms with Crippen LogP contribution in [-0.2, 0) is 6.54 Å². The van der Waals surface area contributed by atoms with Crippen molar-refractivity contribution in [2.75, 3.05) is 30.9 Å². The summed E-state index contributed by atoms with van der Waals surface area (Å²) in [7, 11) is 3.99. The van der Waals surface area contributed by atoms with Crippen molar-refractivity contribution in [3.63, 3.8) is 0 Å². The molecule has 1 aromatic heterocycles. The van der Waals surface area contributed by atoms with E-state index in [1.165, 1.54) is 12.1 Å². The van der Waals surface area contributed by atoms with E-state index in [0.29, 0.717) is 30.0 Å². The zero-order valence-corrected chi connectivity index (χ0v) is 18.0. The summed E-state index contributed by atoms with van der Waals surface area (Å²) in [4.78, 5) is 11.5. The molecule has 0 bridgehead atoms. The van der Waals surface area contributed by atoms with Crippen LogP contribution in [0.15, 0.2) is 42.5 Å². The summed E-state index contributed by atoms with van der Waals surface area (Å²) in [6.07, 6.45) is 4.29. The molecule has 164 valence electrons. The Labute approximate surface area is 181 Å². The van der Waals surface area contributed by atoms with Crippen molar-refractivity contribution < 1.29 is 8.78 Å². The van der Waals surface area contributed by atoms with Gasteiger partial charge in [-0.25, -0.2) is 13.8 Å². The van der Waals surface area contributed by atoms with Gasteiger partial charge >= 0.3 is 0 Å². The fourth-order valence-electron chi connectivity index (χ4n) is 4.29. The van der Waals surface area contributed by atoms with Crippen LogP contribution in [0.25, 0.3) is 10.9 Å². The van der Waals surface area contributed by atoms with E-state index >= 15 is 0 Å². The molecule has 4 rings (SSSR count). The number of para-hydroxylation sites is 1. The highest BCUT2D eigenvalue weighted by atomic mass is 19.1. The fraction of sp³-hybridized carbons (Fsp3) is 0.417. The van der Waals surface area contributed by atoms with Gasteiger partial charge in [0.05, 0.1) is 5.52 Å². The monoisotopic (exact) mass is 425 g/mol. The van der Waals surface area contributed by atoms with E-state index in [4.69, 9.17) is 9.97 Å². The quantitative estimate of drug-likeness (QED) is 0.573. The normalized spacial score (nSPS) is 18.8. The van der Waals surface area contributed by atoms with Crippen molar-refractivity contribution in [3.8, 4) is 0 Å². The van der Waals surface area contributed by atoms with Crippen LogP contribution in [0.1, 0.15) is 31.2 Å². The van der Waals surface area contributed by atoms with Gasteiger partial charge < -0.3 is 15.5 Å². The Kier molecular flexibility index (Phi) is 6.61. The summed E-state index contributed by atoms with van der Waals surface area (Å²) >= 11 is 0. The molecule has 7 heteroatoms. The topological polar surface area (TPSA) is 53.1 Å². The number of halogens is 2. The molecule has 0 spiro atoms. The molecule has 1 fully saturated rings. The predicted octanol–water partition coefficient (Wildman–Crippen LogP) is 4.73. The third kappa shape index (κ3) is 5.47. The Morgan fingerprint density at radius 3 is 2.39 bits per heavy atom. The molecule has 0 aliphatic heterocycles. The maximum absolute atomic E-state index is 13.3. The Bertz CT molecular complexity index is 1010. The van der Waals surface area contributed by atoms with Gasteiger partial charge in [-0.1, -0.05) is 12.1 Å². The molecule has 5 nitrogen and oxygen atoms in total. The van der Waals surface area contributed by atoms with E-state index in [0.717, 1.165) is 55.0 Å². The molecule has 31 heavy (non-hydrogen) atoms. The Morgan fingerprint density at radius 2 is 1.68 bits per heavy atom. The lowest BCUT2D eigenvalue weighted by Crippen LogP contribution is -2.31. The van der Waals surface area contributed by atoms with Crippen LogP contribution in [0.5, 0.6) is 0 Å². The number of nitrogens with one attached hydrogen (secondary N) is 2. The third-order valence-electron chi connectivity index (χ3n) is 5.87. The number of nitrogens with zero attached hydrogens (tertiary/aromatic N) is 3. The molecule has 1 aliphatic carbocycles. The van der Waals surface area contributed by atoms with E-state index in [9.17, 15) is 8.78 Å². The van der Waals surface area contributed by atoms with Crippen LogP contribution in [0.2, 0.25) is 0 Å². The van der Waals surface area contributed by atoms with Crippen molar-refractivity contribution in [1.29, 1.82) is 0 Å². The van der Waals surface area contributed by atoms with Crippen LogP contribution in [-0.4, -0.2) is 36.6 Å². The van der Waals surface area contributed by atoms with Gasteiger partial charge in [0.25, 0.3) is 0 Å². The Hall–Kier alpha value is -2.80. The molecule has 0 unspecified atom stereocenters. The molecule has 1 aliphatic rings.